The predicted molar refractivity (Wildman–Crippen MR) is 117 cm³/mol. The Morgan fingerprint density at radius 1 is 1.03 bits per heavy atom. The van der Waals surface area contributed by atoms with Gasteiger partial charge in [-0.3, -0.25) is 4.79 Å². The van der Waals surface area contributed by atoms with E-state index in [-0.39, 0.29) is 25.0 Å². The summed E-state index contributed by atoms with van der Waals surface area (Å²) in [5.74, 6) is -1.74. The first-order chi connectivity index (χ1) is 14.9. The molecule has 0 fully saturated rings. The van der Waals surface area contributed by atoms with Crippen molar-refractivity contribution in [3.05, 3.63) is 71.8 Å². The average Bonchev–Trinajstić information content (AvgIpc) is 3.07. The van der Waals surface area contributed by atoms with Gasteiger partial charge in [0, 0.05) is 18.5 Å². The maximum Gasteiger partial charge on any atom is 0.407 e. The van der Waals surface area contributed by atoms with E-state index in [9.17, 15) is 14.4 Å². The van der Waals surface area contributed by atoms with Crippen LogP contribution in [-0.4, -0.2) is 42.3 Å². The van der Waals surface area contributed by atoms with Gasteiger partial charge in [-0.25, -0.2) is 9.59 Å². The highest BCUT2D eigenvalue weighted by atomic mass is 16.5. The van der Waals surface area contributed by atoms with Gasteiger partial charge in [0.05, 0.1) is 0 Å². The normalized spacial score (nSPS) is 13.5. The van der Waals surface area contributed by atoms with Crippen LogP contribution in [0.3, 0.4) is 0 Å². The van der Waals surface area contributed by atoms with Gasteiger partial charge in [-0.15, -0.1) is 0 Å². The largest absolute Gasteiger partial charge is 0.478 e. The van der Waals surface area contributed by atoms with Gasteiger partial charge < -0.3 is 20.5 Å². The minimum Gasteiger partial charge on any atom is -0.478 e. The number of ether oxygens (including phenoxy) is 1. The molecule has 0 aromatic heterocycles. The standard InChI is InChI=1S/C24H26N2O5/c1-15(2)22(23(29)25-13-7-12-21(27)28)26-24(30)31-14-20-18-10-5-3-8-16(18)17-9-4-6-11-19(17)20/h3-12,15,20,22H,13-14H2,1-2H3,(H,25,29)(H,26,30)(H,27,28)/b12-7+. The summed E-state index contributed by atoms with van der Waals surface area (Å²) in [7, 11) is 0. The molecule has 0 aliphatic heterocycles. The van der Waals surface area contributed by atoms with E-state index in [1.165, 1.54) is 6.08 Å². The van der Waals surface area contributed by atoms with Crippen molar-refractivity contribution in [2.45, 2.75) is 25.8 Å². The lowest BCUT2D eigenvalue weighted by atomic mass is 9.98. The molecule has 2 aromatic carbocycles. The zero-order valence-corrected chi connectivity index (χ0v) is 17.5. The van der Waals surface area contributed by atoms with E-state index in [1.54, 1.807) is 13.8 Å². The number of alkyl carbamates (subject to hydrolysis) is 1. The molecule has 162 valence electrons. The lowest BCUT2D eigenvalue weighted by Crippen LogP contribution is -2.50. The minimum absolute atomic E-state index is 0.0563. The average molecular weight is 422 g/mol. The maximum atomic E-state index is 12.5. The molecule has 1 aliphatic carbocycles. The van der Waals surface area contributed by atoms with Crippen LogP contribution in [0.4, 0.5) is 4.79 Å². The summed E-state index contributed by atoms with van der Waals surface area (Å²) in [6.45, 7) is 3.83. The molecular weight excluding hydrogens is 396 g/mol. The van der Waals surface area contributed by atoms with Crippen LogP contribution >= 0.6 is 0 Å². The third kappa shape index (κ3) is 5.31. The molecule has 3 N–H and O–H groups in total. The van der Waals surface area contributed by atoms with Gasteiger partial charge >= 0.3 is 12.1 Å². The van der Waals surface area contributed by atoms with Gasteiger partial charge in [-0.2, -0.15) is 0 Å². The summed E-state index contributed by atoms with van der Waals surface area (Å²) >= 11 is 0. The lowest BCUT2D eigenvalue weighted by molar-refractivity contribution is -0.131. The zero-order chi connectivity index (χ0) is 22.4. The molecule has 7 nitrogen and oxygen atoms in total. The molecule has 3 rings (SSSR count). The zero-order valence-electron chi connectivity index (χ0n) is 17.5. The van der Waals surface area contributed by atoms with Crippen molar-refractivity contribution in [2.24, 2.45) is 5.92 Å². The Labute approximate surface area is 181 Å². The molecule has 0 bridgehead atoms. The van der Waals surface area contributed by atoms with Crippen LogP contribution in [0.1, 0.15) is 30.9 Å². The smallest absolute Gasteiger partial charge is 0.407 e. The second-order valence-corrected chi connectivity index (χ2v) is 7.68. The molecule has 0 radical (unpaired) electrons. The second-order valence-electron chi connectivity index (χ2n) is 7.68. The van der Waals surface area contributed by atoms with Gasteiger partial charge in [0.2, 0.25) is 5.91 Å². The van der Waals surface area contributed by atoms with E-state index in [4.69, 9.17) is 9.84 Å². The highest BCUT2D eigenvalue weighted by Gasteiger charge is 2.30. The fourth-order valence-electron chi connectivity index (χ4n) is 3.73. The molecule has 0 saturated carbocycles. The Bertz CT molecular complexity index is 953. The van der Waals surface area contributed by atoms with Crippen LogP contribution in [0.15, 0.2) is 60.7 Å². The number of carboxylic acids is 1. The minimum atomic E-state index is -1.09. The van der Waals surface area contributed by atoms with Crippen LogP contribution in [-0.2, 0) is 14.3 Å². The second kappa shape index (κ2) is 9.93. The molecule has 2 amide bonds. The van der Waals surface area contributed by atoms with Crippen molar-refractivity contribution < 1.29 is 24.2 Å². The number of carboxylic acid groups (broad SMARTS) is 1. The number of aliphatic carboxylic acids is 1. The van der Waals surface area contributed by atoms with Crippen molar-refractivity contribution in [3.63, 3.8) is 0 Å². The third-order valence-corrected chi connectivity index (χ3v) is 5.22. The van der Waals surface area contributed by atoms with Gasteiger partial charge in [-0.1, -0.05) is 68.5 Å². The number of rotatable bonds is 8. The first kappa shape index (κ1) is 22.1. The Kier molecular flexibility index (Phi) is 7.07. The Morgan fingerprint density at radius 2 is 1.61 bits per heavy atom. The van der Waals surface area contributed by atoms with E-state index in [2.05, 4.69) is 22.8 Å². The summed E-state index contributed by atoms with van der Waals surface area (Å²) in [6, 6.07) is 15.3. The monoisotopic (exact) mass is 422 g/mol. The number of hydrogen-bond acceptors (Lipinski definition) is 4. The molecule has 7 heteroatoms. The van der Waals surface area contributed by atoms with Crippen LogP contribution < -0.4 is 10.6 Å². The Hall–Kier alpha value is -3.61. The van der Waals surface area contributed by atoms with Crippen LogP contribution in [0, 0.1) is 5.92 Å². The van der Waals surface area contributed by atoms with Crippen molar-refractivity contribution in [1.29, 1.82) is 0 Å². The van der Waals surface area contributed by atoms with Gasteiger partial charge in [0.25, 0.3) is 0 Å². The summed E-state index contributed by atoms with van der Waals surface area (Å²) < 4.78 is 5.51. The van der Waals surface area contributed by atoms with E-state index in [0.717, 1.165) is 28.3 Å². The summed E-state index contributed by atoms with van der Waals surface area (Å²) in [5, 5.41) is 13.8. The number of amides is 2. The SMILES string of the molecule is CC(C)C(NC(=O)OCC1c2ccccc2-c2ccccc21)C(=O)NC/C=C/C(=O)O. The highest BCUT2D eigenvalue weighted by molar-refractivity contribution is 5.86. The number of benzene rings is 2. The number of hydrogen-bond donors (Lipinski definition) is 3. The van der Waals surface area contributed by atoms with Gasteiger partial charge in [-0.05, 0) is 28.2 Å². The van der Waals surface area contributed by atoms with Crippen molar-refractivity contribution in [1.82, 2.24) is 10.6 Å². The Morgan fingerprint density at radius 3 is 2.16 bits per heavy atom. The van der Waals surface area contributed by atoms with Gasteiger partial charge in [0.15, 0.2) is 0 Å². The lowest BCUT2D eigenvalue weighted by Gasteiger charge is -2.22. The molecule has 0 heterocycles. The number of carbonyl (C=O) groups excluding carboxylic acids is 2. The number of carbonyl (C=O) groups is 3. The van der Waals surface area contributed by atoms with Crippen molar-refractivity contribution >= 4 is 18.0 Å². The summed E-state index contributed by atoms with van der Waals surface area (Å²) in [5.41, 5.74) is 4.50. The Balaban J connectivity index is 1.61. The molecular formula is C24H26N2O5. The maximum absolute atomic E-state index is 12.5. The number of fused-ring (bicyclic) bond motifs is 3. The van der Waals surface area contributed by atoms with Crippen LogP contribution in [0.25, 0.3) is 11.1 Å². The first-order valence-corrected chi connectivity index (χ1v) is 10.2. The van der Waals surface area contributed by atoms with Crippen LogP contribution in [0.5, 0.6) is 0 Å². The quantitative estimate of drug-likeness (QED) is 0.566. The number of nitrogens with one attached hydrogen (secondary N) is 2. The summed E-state index contributed by atoms with van der Waals surface area (Å²) in [4.78, 5) is 35.3. The van der Waals surface area contributed by atoms with Crippen LogP contribution in [0.2, 0.25) is 0 Å². The van der Waals surface area contributed by atoms with E-state index >= 15 is 0 Å². The molecule has 31 heavy (non-hydrogen) atoms. The van der Waals surface area contributed by atoms with E-state index in [1.807, 2.05) is 36.4 Å². The fourth-order valence-corrected chi connectivity index (χ4v) is 3.73. The predicted octanol–water partition coefficient (Wildman–Crippen LogP) is 3.31. The highest BCUT2D eigenvalue weighted by Crippen LogP contribution is 2.44. The van der Waals surface area contributed by atoms with Gasteiger partial charge in [0.1, 0.15) is 12.6 Å². The summed E-state index contributed by atoms with van der Waals surface area (Å²) in [6.07, 6.45) is 1.60. The van der Waals surface area contributed by atoms with Crippen molar-refractivity contribution in [3.8, 4) is 11.1 Å². The van der Waals surface area contributed by atoms with E-state index in [0.29, 0.717) is 0 Å². The topological polar surface area (TPSA) is 105 Å². The molecule has 1 unspecified atom stereocenters. The molecule has 1 atom stereocenters. The van der Waals surface area contributed by atoms with Crippen molar-refractivity contribution in [2.75, 3.05) is 13.2 Å². The first-order valence-electron chi connectivity index (χ1n) is 10.2. The molecule has 1 aliphatic rings. The fraction of sp³-hybridized carbons (Fsp3) is 0.292. The third-order valence-electron chi connectivity index (χ3n) is 5.22. The molecule has 0 saturated heterocycles. The molecule has 0 spiro atoms. The molecule has 2 aromatic rings. The van der Waals surface area contributed by atoms with E-state index < -0.39 is 24.0 Å².